The molecule has 4 nitrogen and oxygen atoms in total. The molecule has 1 aromatic carbocycles. The van der Waals surface area contributed by atoms with Crippen LogP contribution in [0.1, 0.15) is 23.1 Å². The minimum atomic E-state index is 0.0551. The monoisotopic (exact) mass is 250 g/mol. The molecule has 0 radical (unpaired) electrons. The molecule has 0 heterocycles. The molecule has 0 spiro atoms. The zero-order chi connectivity index (χ0) is 13.7. The number of carbonyl (C=O) groups excluding carboxylic acids is 1. The van der Waals surface area contributed by atoms with Gasteiger partial charge in [-0.2, -0.15) is 0 Å². The Morgan fingerprint density at radius 2 is 2.06 bits per heavy atom. The van der Waals surface area contributed by atoms with Crippen LogP contribution >= 0.6 is 0 Å². The molecular weight excluding hydrogens is 228 g/mol. The number of benzene rings is 1. The van der Waals surface area contributed by atoms with E-state index in [1.165, 1.54) is 0 Å². The van der Waals surface area contributed by atoms with Gasteiger partial charge in [-0.3, -0.25) is 4.79 Å². The van der Waals surface area contributed by atoms with Gasteiger partial charge >= 0.3 is 0 Å². The first-order valence-electron chi connectivity index (χ1n) is 6.07. The Bertz CT molecular complexity index is 430. The van der Waals surface area contributed by atoms with Gasteiger partial charge in [-0.25, -0.2) is 0 Å². The highest BCUT2D eigenvalue weighted by Crippen LogP contribution is 2.25. The number of aryl methyl sites for hydroxylation is 2. The Labute approximate surface area is 109 Å². The maximum atomic E-state index is 11.7. The Kier molecular flexibility index (Phi) is 5.16. The number of amides is 1. The zero-order valence-corrected chi connectivity index (χ0v) is 11.6. The van der Waals surface area contributed by atoms with Crippen LogP contribution in [0.5, 0.6) is 5.75 Å². The van der Waals surface area contributed by atoms with Crippen molar-refractivity contribution in [3.05, 3.63) is 28.8 Å². The van der Waals surface area contributed by atoms with Gasteiger partial charge < -0.3 is 15.4 Å². The van der Waals surface area contributed by atoms with Crippen LogP contribution in [0.2, 0.25) is 0 Å². The van der Waals surface area contributed by atoms with Crippen molar-refractivity contribution >= 4 is 5.91 Å². The van der Waals surface area contributed by atoms with E-state index in [1.807, 2.05) is 19.9 Å². The van der Waals surface area contributed by atoms with Crippen LogP contribution in [-0.2, 0) is 11.3 Å². The highest BCUT2D eigenvalue weighted by atomic mass is 16.5. The molecular formula is C14H22N2O2. The summed E-state index contributed by atoms with van der Waals surface area (Å²) in [6, 6.07) is 4.09. The van der Waals surface area contributed by atoms with Gasteiger partial charge in [0.05, 0.1) is 7.11 Å². The number of hydrogen-bond acceptors (Lipinski definition) is 3. The molecule has 1 aromatic rings. The quantitative estimate of drug-likeness (QED) is 0.864. The predicted molar refractivity (Wildman–Crippen MR) is 72.6 cm³/mol. The molecule has 0 aromatic heterocycles. The van der Waals surface area contributed by atoms with E-state index in [0.717, 1.165) is 22.4 Å². The molecule has 18 heavy (non-hydrogen) atoms. The number of ether oxygens (including phenoxy) is 1. The van der Waals surface area contributed by atoms with Crippen LogP contribution in [-0.4, -0.2) is 31.5 Å². The summed E-state index contributed by atoms with van der Waals surface area (Å²) in [7, 11) is 3.44. The van der Waals surface area contributed by atoms with Gasteiger partial charge in [-0.1, -0.05) is 6.07 Å². The van der Waals surface area contributed by atoms with Gasteiger partial charge in [0.15, 0.2) is 0 Å². The predicted octanol–water partition coefficient (Wildman–Crippen LogP) is 1.62. The summed E-state index contributed by atoms with van der Waals surface area (Å²) in [5, 5.41) is 0. The van der Waals surface area contributed by atoms with Gasteiger partial charge in [0.1, 0.15) is 5.75 Å². The molecule has 4 heteroatoms. The molecule has 1 amide bonds. The number of hydrogen-bond donors (Lipinski definition) is 1. The fraction of sp³-hybridized carbons (Fsp3) is 0.500. The van der Waals surface area contributed by atoms with E-state index in [2.05, 4.69) is 6.07 Å². The van der Waals surface area contributed by atoms with Gasteiger partial charge in [-0.05, 0) is 31.0 Å². The van der Waals surface area contributed by atoms with Crippen LogP contribution < -0.4 is 10.5 Å². The third-order valence-corrected chi connectivity index (χ3v) is 2.98. The van der Waals surface area contributed by atoms with Crippen LogP contribution in [0.15, 0.2) is 12.1 Å². The number of methoxy groups -OCH3 is 1. The molecule has 0 saturated carbocycles. The molecule has 0 unspecified atom stereocenters. The van der Waals surface area contributed by atoms with Crippen LogP contribution in [0.25, 0.3) is 0 Å². The smallest absolute Gasteiger partial charge is 0.223 e. The molecule has 0 aliphatic rings. The first kappa shape index (κ1) is 14.5. The Hall–Kier alpha value is -1.55. The SMILES string of the molecule is COc1cc(C)cc(C)c1CN(C)C(=O)CCN. The third kappa shape index (κ3) is 3.47. The average molecular weight is 250 g/mol. The summed E-state index contributed by atoms with van der Waals surface area (Å²) in [6.07, 6.45) is 0.379. The molecule has 1 rings (SSSR count). The highest BCUT2D eigenvalue weighted by Gasteiger charge is 2.13. The van der Waals surface area contributed by atoms with Crippen molar-refractivity contribution in [2.45, 2.75) is 26.8 Å². The maximum absolute atomic E-state index is 11.7. The summed E-state index contributed by atoms with van der Waals surface area (Å²) >= 11 is 0. The molecule has 0 saturated heterocycles. The maximum Gasteiger partial charge on any atom is 0.223 e. The molecule has 100 valence electrons. The van der Waals surface area contributed by atoms with E-state index in [1.54, 1.807) is 19.1 Å². The van der Waals surface area contributed by atoms with Crippen molar-refractivity contribution in [2.75, 3.05) is 20.7 Å². The van der Waals surface area contributed by atoms with Crippen LogP contribution in [0, 0.1) is 13.8 Å². The van der Waals surface area contributed by atoms with E-state index in [4.69, 9.17) is 10.5 Å². The zero-order valence-electron chi connectivity index (χ0n) is 11.6. The van der Waals surface area contributed by atoms with E-state index >= 15 is 0 Å². The minimum Gasteiger partial charge on any atom is -0.496 e. The minimum absolute atomic E-state index is 0.0551. The summed E-state index contributed by atoms with van der Waals surface area (Å²) in [5.74, 6) is 0.888. The average Bonchev–Trinajstić information content (AvgIpc) is 2.32. The van der Waals surface area contributed by atoms with E-state index in [-0.39, 0.29) is 5.91 Å². The Morgan fingerprint density at radius 3 is 2.61 bits per heavy atom. The second kappa shape index (κ2) is 6.40. The summed E-state index contributed by atoms with van der Waals surface area (Å²) in [4.78, 5) is 13.4. The number of nitrogens with two attached hydrogens (primary N) is 1. The van der Waals surface area contributed by atoms with Crippen LogP contribution in [0.4, 0.5) is 0 Å². The third-order valence-electron chi connectivity index (χ3n) is 2.98. The number of nitrogens with zero attached hydrogens (tertiary/aromatic N) is 1. The van der Waals surface area contributed by atoms with E-state index < -0.39 is 0 Å². The topological polar surface area (TPSA) is 55.6 Å². The van der Waals surface area contributed by atoms with Crippen molar-refractivity contribution in [3.8, 4) is 5.75 Å². The molecule has 0 aliphatic carbocycles. The van der Waals surface area contributed by atoms with Crippen molar-refractivity contribution < 1.29 is 9.53 Å². The van der Waals surface area contributed by atoms with Crippen molar-refractivity contribution in [1.82, 2.24) is 4.90 Å². The van der Waals surface area contributed by atoms with E-state index in [9.17, 15) is 4.79 Å². The second-order valence-corrected chi connectivity index (χ2v) is 4.55. The number of carbonyl (C=O) groups is 1. The van der Waals surface area contributed by atoms with Gasteiger partial charge in [0.25, 0.3) is 0 Å². The fourth-order valence-electron chi connectivity index (χ4n) is 1.98. The normalized spacial score (nSPS) is 10.3. The summed E-state index contributed by atoms with van der Waals surface area (Å²) in [5.41, 5.74) is 8.74. The van der Waals surface area contributed by atoms with Gasteiger partial charge in [-0.15, -0.1) is 0 Å². The van der Waals surface area contributed by atoms with Crippen molar-refractivity contribution in [2.24, 2.45) is 5.73 Å². The lowest BCUT2D eigenvalue weighted by molar-refractivity contribution is -0.130. The van der Waals surface area contributed by atoms with Gasteiger partial charge in [0, 0.05) is 32.1 Å². The molecule has 0 fully saturated rings. The first-order valence-corrected chi connectivity index (χ1v) is 6.07. The Morgan fingerprint density at radius 1 is 1.39 bits per heavy atom. The standard InChI is InChI=1S/C14H22N2O2/c1-10-7-11(2)12(13(8-10)18-4)9-16(3)14(17)5-6-15/h7-8H,5-6,9,15H2,1-4H3. The lowest BCUT2D eigenvalue weighted by Gasteiger charge is -2.20. The second-order valence-electron chi connectivity index (χ2n) is 4.55. The molecule has 0 bridgehead atoms. The largest absolute Gasteiger partial charge is 0.496 e. The Balaban J connectivity index is 2.93. The highest BCUT2D eigenvalue weighted by molar-refractivity contribution is 5.76. The number of rotatable bonds is 5. The molecule has 0 atom stereocenters. The summed E-state index contributed by atoms with van der Waals surface area (Å²) < 4.78 is 5.38. The van der Waals surface area contributed by atoms with Crippen LogP contribution in [0.3, 0.4) is 0 Å². The van der Waals surface area contributed by atoms with E-state index in [0.29, 0.717) is 19.5 Å². The van der Waals surface area contributed by atoms with Gasteiger partial charge in [0.2, 0.25) is 5.91 Å². The summed E-state index contributed by atoms with van der Waals surface area (Å²) in [6.45, 7) is 5.00. The molecule has 0 aliphatic heterocycles. The van der Waals surface area contributed by atoms with Crippen molar-refractivity contribution in [3.63, 3.8) is 0 Å². The lowest BCUT2D eigenvalue weighted by Crippen LogP contribution is -2.28. The fourth-order valence-corrected chi connectivity index (χ4v) is 1.98. The first-order chi connectivity index (χ1) is 8.49. The lowest BCUT2D eigenvalue weighted by atomic mass is 10.0. The van der Waals surface area contributed by atoms with Crippen molar-refractivity contribution in [1.29, 1.82) is 0 Å². The molecule has 2 N–H and O–H groups in total.